The van der Waals surface area contributed by atoms with Crippen molar-refractivity contribution < 1.29 is 4.79 Å². The van der Waals surface area contributed by atoms with E-state index in [-0.39, 0.29) is 5.91 Å². The van der Waals surface area contributed by atoms with Crippen LogP contribution in [0.1, 0.15) is 32.8 Å². The number of halogens is 1. The molecule has 0 bridgehead atoms. The Balaban J connectivity index is 3.02. The number of nitrogens with zero attached hydrogens (tertiary/aromatic N) is 1. The van der Waals surface area contributed by atoms with Crippen molar-refractivity contribution in [2.45, 2.75) is 39.8 Å². The molecule has 0 fully saturated rings. The standard InChI is InChI=1S/C16H26BrN3O/c1-5-8-20(11-16(21)18-4)15-9-14(17)7-6-13(15)10-19-12(2)3/h6-7,9,12,19H,5,8,10-11H2,1-4H3,(H,18,21). The van der Waals surface area contributed by atoms with Gasteiger partial charge in [0.25, 0.3) is 0 Å². The van der Waals surface area contributed by atoms with Gasteiger partial charge in [-0.3, -0.25) is 4.79 Å². The fraction of sp³-hybridized carbons (Fsp3) is 0.562. The summed E-state index contributed by atoms with van der Waals surface area (Å²) in [6.07, 6.45) is 1.00. The molecule has 1 amide bonds. The molecule has 1 aromatic carbocycles. The highest BCUT2D eigenvalue weighted by Crippen LogP contribution is 2.25. The molecule has 0 radical (unpaired) electrons. The average molecular weight is 356 g/mol. The third kappa shape index (κ3) is 6.06. The van der Waals surface area contributed by atoms with E-state index in [9.17, 15) is 4.79 Å². The minimum Gasteiger partial charge on any atom is -0.362 e. The second-order valence-electron chi connectivity index (χ2n) is 5.40. The summed E-state index contributed by atoms with van der Waals surface area (Å²) in [5.74, 6) is 0.0335. The molecule has 4 nitrogen and oxygen atoms in total. The van der Waals surface area contributed by atoms with Crippen LogP contribution < -0.4 is 15.5 Å². The molecular formula is C16H26BrN3O. The van der Waals surface area contributed by atoms with Gasteiger partial charge in [0, 0.05) is 36.3 Å². The highest BCUT2D eigenvalue weighted by atomic mass is 79.9. The van der Waals surface area contributed by atoms with Gasteiger partial charge in [-0.1, -0.05) is 42.8 Å². The second-order valence-corrected chi connectivity index (χ2v) is 6.32. The van der Waals surface area contributed by atoms with Gasteiger partial charge in [-0.25, -0.2) is 0 Å². The van der Waals surface area contributed by atoms with Crippen LogP contribution in [0, 0.1) is 0 Å². The largest absolute Gasteiger partial charge is 0.362 e. The maximum Gasteiger partial charge on any atom is 0.239 e. The smallest absolute Gasteiger partial charge is 0.239 e. The van der Waals surface area contributed by atoms with E-state index in [1.165, 1.54) is 5.56 Å². The fourth-order valence-corrected chi connectivity index (χ4v) is 2.45. The Morgan fingerprint density at radius 1 is 1.38 bits per heavy atom. The zero-order valence-electron chi connectivity index (χ0n) is 13.4. The van der Waals surface area contributed by atoms with Gasteiger partial charge in [0.05, 0.1) is 6.54 Å². The minimum absolute atomic E-state index is 0.0335. The van der Waals surface area contributed by atoms with E-state index in [0.29, 0.717) is 12.6 Å². The Labute approximate surface area is 136 Å². The maximum atomic E-state index is 11.8. The summed E-state index contributed by atoms with van der Waals surface area (Å²) in [6.45, 7) is 8.43. The number of carbonyl (C=O) groups is 1. The third-order valence-corrected chi connectivity index (χ3v) is 3.69. The van der Waals surface area contributed by atoms with Crippen LogP contribution in [0.2, 0.25) is 0 Å². The van der Waals surface area contributed by atoms with Gasteiger partial charge in [0.2, 0.25) is 5.91 Å². The molecule has 118 valence electrons. The Morgan fingerprint density at radius 2 is 2.10 bits per heavy atom. The summed E-state index contributed by atoms with van der Waals surface area (Å²) in [4.78, 5) is 13.9. The maximum absolute atomic E-state index is 11.8. The van der Waals surface area contributed by atoms with E-state index in [1.54, 1.807) is 7.05 Å². The second kappa shape index (κ2) is 9.05. The molecule has 1 rings (SSSR count). The van der Waals surface area contributed by atoms with E-state index in [4.69, 9.17) is 0 Å². The molecule has 1 aromatic rings. The van der Waals surface area contributed by atoms with Crippen molar-refractivity contribution in [2.24, 2.45) is 0 Å². The molecule has 2 N–H and O–H groups in total. The van der Waals surface area contributed by atoms with Crippen LogP contribution in [0.15, 0.2) is 22.7 Å². The van der Waals surface area contributed by atoms with Crippen LogP contribution in [0.5, 0.6) is 0 Å². The number of hydrogen-bond donors (Lipinski definition) is 2. The zero-order valence-corrected chi connectivity index (χ0v) is 15.0. The normalized spacial score (nSPS) is 10.8. The highest BCUT2D eigenvalue weighted by molar-refractivity contribution is 9.10. The number of anilines is 1. The fourth-order valence-electron chi connectivity index (χ4n) is 2.10. The molecule has 0 saturated carbocycles. The number of hydrogen-bond acceptors (Lipinski definition) is 3. The predicted molar refractivity (Wildman–Crippen MR) is 92.7 cm³/mol. The molecule has 0 aromatic heterocycles. The Bertz CT molecular complexity index is 463. The van der Waals surface area contributed by atoms with Crippen molar-refractivity contribution in [1.29, 1.82) is 0 Å². The monoisotopic (exact) mass is 355 g/mol. The first-order valence-electron chi connectivity index (χ1n) is 7.45. The number of amides is 1. The summed E-state index contributed by atoms with van der Waals surface area (Å²) >= 11 is 3.53. The quantitative estimate of drug-likeness (QED) is 0.753. The SMILES string of the molecule is CCCN(CC(=O)NC)c1cc(Br)ccc1CNC(C)C. The lowest BCUT2D eigenvalue weighted by Gasteiger charge is -2.26. The van der Waals surface area contributed by atoms with Gasteiger partial charge in [0.1, 0.15) is 0 Å². The van der Waals surface area contributed by atoms with Gasteiger partial charge in [-0.2, -0.15) is 0 Å². The van der Waals surface area contributed by atoms with Crippen LogP contribution in [-0.2, 0) is 11.3 Å². The van der Waals surface area contributed by atoms with Gasteiger partial charge in [-0.05, 0) is 24.1 Å². The van der Waals surface area contributed by atoms with E-state index in [2.05, 4.69) is 64.4 Å². The van der Waals surface area contributed by atoms with E-state index in [0.717, 1.165) is 29.7 Å². The first kappa shape index (κ1) is 18.0. The predicted octanol–water partition coefficient (Wildman–Crippen LogP) is 2.91. The Morgan fingerprint density at radius 3 is 2.67 bits per heavy atom. The molecular weight excluding hydrogens is 330 g/mol. The number of benzene rings is 1. The van der Waals surface area contributed by atoms with Crippen molar-refractivity contribution in [3.63, 3.8) is 0 Å². The number of likely N-dealkylation sites (N-methyl/N-ethyl adjacent to an activating group) is 1. The van der Waals surface area contributed by atoms with Crippen molar-refractivity contribution in [2.75, 3.05) is 25.0 Å². The van der Waals surface area contributed by atoms with Crippen molar-refractivity contribution >= 4 is 27.5 Å². The van der Waals surface area contributed by atoms with Gasteiger partial charge >= 0.3 is 0 Å². The van der Waals surface area contributed by atoms with E-state index >= 15 is 0 Å². The molecule has 5 heteroatoms. The lowest BCUT2D eigenvalue weighted by molar-refractivity contribution is -0.119. The van der Waals surface area contributed by atoms with Crippen LogP contribution in [-0.4, -0.2) is 32.1 Å². The highest BCUT2D eigenvalue weighted by Gasteiger charge is 2.14. The van der Waals surface area contributed by atoms with Crippen LogP contribution in [0.4, 0.5) is 5.69 Å². The zero-order chi connectivity index (χ0) is 15.8. The van der Waals surface area contributed by atoms with Crippen molar-refractivity contribution in [3.8, 4) is 0 Å². The lowest BCUT2D eigenvalue weighted by atomic mass is 10.1. The van der Waals surface area contributed by atoms with Crippen molar-refractivity contribution in [1.82, 2.24) is 10.6 Å². The summed E-state index contributed by atoms with van der Waals surface area (Å²) in [7, 11) is 1.68. The van der Waals surface area contributed by atoms with Gasteiger partial charge < -0.3 is 15.5 Å². The van der Waals surface area contributed by atoms with E-state index < -0.39 is 0 Å². The molecule has 0 aliphatic heterocycles. The van der Waals surface area contributed by atoms with Crippen LogP contribution in [0.25, 0.3) is 0 Å². The topological polar surface area (TPSA) is 44.4 Å². The first-order chi connectivity index (χ1) is 9.97. The first-order valence-corrected chi connectivity index (χ1v) is 8.24. The lowest BCUT2D eigenvalue weighted by Crippen LogP contribution is -2.37. The molecule has 0 atom stereocenters. The van der Waals surface area contributed by atoms with Gasteiger partial charge in [0.15, 0.2) is 0 Å². The van der Waals surface area contributed by atoms with Crippen molar-refractivity contribution in [3.05, 3.63) is 28.2 Å². The average Bonchev–Trinajstić information content (AvgIpc) is 2.45. The van der Waals surface area contributed by atoms with Gasteiger partial charge in [-0.15, -0.1) is 0 Å². The summed E-state index contributed by atoms with van der Waals surface area (Å²) in [5.41, 5.74) is 2.33. The summed E-state index contributed by atoms with van der Waals surface area (Å²) in [5, 5.41) is 6.14. The molecule has 0 aliphatic rings. The molecule has 0 aliphatic carbocycles. The number of rotatable bonds is 8. The number of nitrogens with one attached hydrogen (secondary N) is 2. The number of carbonyl (C=O) groups excluding carboxylic acids is 1. The molecule has 0 unspecified atom stereocenters. The summed E-state index contributed by atoms with van der Waals surface area (Å²) in [6, 6.07) is 6.68. The Kier molecular flexibility index (Phi) is 7.75. The molecule has 21 heavy (non-hydrogen) atoms. The molecule has 0 spiro atoms. The molecule has 0 heterocycles. The summed E-state index contributed by atoms with van der Waals surface area (Å²) < 4.78 is 1.03. The minimum atomic E-state index is 0.0335. The Hall–Kier alpha value is -1.07. The third-order valence-electron chi connectivity index (χ3n) is 3.20. The van der Waals surface area contributed by atoms with Crippen LogP contribution >= 0.6 is 15.9 Å². The van der Waals surface area contributed by atoms with Crippen LogP contribution in [0.3, 0.4) is 0 Å². The molecule has 0 saturated heterocycles. The van der Waals surface area contributed by atoms with E-state index in [1.807, 2.05) is 6.07 Å².